The van der Waals surface area contributed by atoms with Crippen LogP contribution in [-0.2, 0) is 0 Å². The van der Waals surface area contributed by atoms with Crippen LogP contribution >= 0.6 is 11.6 Å². The van der Waals surface area contributed by atoms with Gasteiger partial charge in [0.1, 0.15) is 0 Å². The van der Waals surface area contributed by atoms with Crippen molar-refractivity contribution in [3.63, 3.8) is 0 Å². The minimum atomic E-state index is -0.177. The second-order valence-corrected chi connectivity index (χ2v) is 6.21. The molecule has 0 spiro atoms. The number of pyridine rings is 1. The SMILES string of the molecule is COc1ccc(C(=O)NCCNc2ccnc3cc(Cl)ccc23)cc1OC. The normalized spacial score (nSPS) is 10.5. The van der Waals surface area contributed by atoms with Crippen molar-refractivity contribution in [3.8, 4) is 11.5 Å². The smallest absolute Gasteiger partial charge is 0.251 e. The van der Waals surface area contributed by atoms with Crippen molar-refractivity contribution in [2.75, 3.05) is 32.6 Å². The average molecular weight is 386 g/mol. The molecule has 0 aliphatic rings. The van der Waals surface area contributed by atoms with E-state index in [9.17, 15) is 4.79 Å². The van der Waals surface area contributed by atoms with Crippen LogP contribution < -0.4 is 20.1 Å². The fourth-order valence-corrected chi connectivity index (χ4v) is 2.89. The fourth-order valence-electron chi connectivity index (χ4n) is 2.73. The van der Waals surface area contributed by atoms with E-state index in [4.69, 9.17) is 21.1 Å². The highest BCUT2D eigenvalue weighted by Gasteiger charge is 2.10. The number of methoxy groups -OCH3 is 2. The zero-order chi connectivity index (χ0) is 19.2. The third-order valence-corrected chi connectivity index (χ3v) is 4.31. The first-order chi connectivity index (χ1) is 13.1. The molecule has 0 bridgehead atoms. The molecule has 2 N–H and O–H groups in total. The first kappa shape index (κ1) is 18.8. The molecule has 3 aromatic rings. The van der Waals surface area contributed by atoms with Crippen molar-refractivity contribution in [3.05, 3.63) is 59.2 Å². The fraction of sp³-hybridized carbons (Fsp3) is 0.200. The Hall–Kier alpha value is -2.99. The molecule has 0 aliphatic heterocycles. The Morgan fingerprint density at radius 1 is 1.04 bits per heavy atom. The third-order valence-electron chi connectivity index (χ3n) is 4.08. The van der Waals surface area contributed by atoms with Gasteiger partial charge in [-0.25, -0.2) is 0 Å². The molecule has 0 unspecified atom stereocenters. The van der Waals surface area contributed by atoms with Gasteiger partial charge in [-0.05, 0) is 42.5 Å². The lowest BCUT2D eigenvalue weighted by molar-refractivity contribution is 0.0955. The summed E-state index contributed by atoms with van der Waals surface area (Å²) in [4.78, 5) is 16.6. The van der Waals surface area contributed by atoms with Gasteiger partial charge in [-0.2, -0.15) is 0 Å². The lowest BCUT2D eigenvalue weighted by Gasteiger charge is -2.12. The predicted molar refractivity (Wildman–Crippen MR) is 107 cm³/mol. The van der Waals surface area contributed by atoms with Crippen LogP contribution in [0.1, 0.15) is 10.4 Å². The number of nitrogens with one attached hydrogen (secondary N) is 2. The number of amides is 1. The minimum Gasteiger partial charge on any atom is -0.493 e. The van der Waals surface area contributed by atoms with Crippen molar-refractivity contribution in [1.82, 2.24) is 10.3 Å². The number of carbonyl (C=O) groups excluding carboxylic acids is 1. The summed E-state index contributed by atoms with van der Waals surface area (Å²) in [5, 5.41) is 7.82. The van der Waals surface area contributed by atoms with Crippen molar-refractivity contribution in [1.29, 1.82) is 0 Å². The third kappa shape index (κ3) is 4.41. The maximum absolute atomic E-state index is 12.3. The van der Waals surface area contributed by atoms with Crippen LogP contribution in [0.2, 0.25) is 5.02 Å². The molecule has 0 aliphatic carbocycles. The molecule has 0 atom stereocenters. The number of halogens is 1. The Balaban J connectivity index is 1.58. The Bertz CT molecular complexity index is 962. The predicted octanol–water partition coefficient (Wildman–Crippen LogP) is 3.75. The number of nitrogens with zero attached hydrogens (tertiary/aromatic N) is 1. The van der Waals surface area contributed by atoms with Gasteiger partial charge in [-0.15, -0.1) is 0 Å². The highest BCUT2D eigenvalue weighted by Crippen LogP contribution is 2.27. The molecule has 0 radical (unpaired) electrons. The summed E-state index contributed by atoms with van der Waals surface area (Å²) in [6.45, 7) is 1.03. The monoisotopic (exact) mass is 385 g/mol. The molecular formula is C20H20ClN3O3. The summed E-state index contributed by atoms with van der Waals surface area (Å²) < 4.78 is 10.4. The lowest BCUT2D eigenvalue weighted by atomic mass is 10.2. The van der Waals surface area contributed by atoms with E-state index in [1.165, 1.54) is 7.11 Å². The maximum Gasteiger partial charge on any atom is 0.251 e. The highest BCUT2D eigenvalue weighted by atomic mass is 35.5. The quantitative estimate of drug-likeness (QED) is 0.606. The first-order valence-electron chi connectivity index (χ1n) is 8.40. The Labute approximate surface area is 162 Å². The van der Waals surface area contributed by atoms with Crippen LogP contribution in [0.4, 0.5) is 5.69 Å². The van der Waals surface area contributed by atoms with Gasteiger partial charge in [-0.1, -0.05) is 11.6 Å². The van der Waals surface area contributed by atoms with E-state index in [0.29, 0.717) is 35.2 Å². The molecule has 0 fully saturated rings. The van der Waals surface area contributed by atoms with Crippen molar-refractivity contribution >= 4 is 34.1 Å². The molecule has 140 valence electrons. The van der Waals surface area contributed by atoms with E-state index >= 15 is 0 Å². The van der Waals surface area contributed by atoms with Crippen LogP contribution in [0, 0.1) is 0 Å². The summed E-state index contributed by atoms with van der Waals surface area (Å²) in [5.41, 5.74) is 2.27. The lowest BCUT2D eigenvalue weighted by Crippen LogP contribution is -2.28. The van der Waals surface area contributed by atoms with E-state index in [1.54, 1.807) is 31.5 Å². The van der Waals surface area contributed by atoms with Gasteiger partial charge in [0.05, 0.1) is 19.7 Å². The molecule has 1 aromatic heterocycles. The zero-order valence-corrected chi connectivity index (χ0v) is 15.8. The van der Waals surface area contributed by atoms with Crippen molar-refractivity contribution < 1.29 is 14.3 Å². The van der Waals surface area contributed by atoms with E-state index in [2.05, 4.69) is 15.6 Å². The molecule has 1 heterocycles. The number of benzene rings is 2. The molecular weight excluding hydrogens is 366 g/mol. The number of hydrogen-bond acceptors (Lipinski definition) is 5. The number of rotatable bonds is 7. The van der Waals surface area contributed by atoms with Gasteiger partial charge in [0.25, 0.3) is 5.91 Å². The number of fused-ring (bicyclic) bond motifs is 1. The molecule has 6 nitrogen and oxygen atoms in total. The zero-order valence-electron chi connectivity index (χ0n) is 15.1. The standard InChI is InChI=1S/C20H20ClN3O3/c1-26-18-6-3-13(11-19(18)27-2)20(25)24-10-9-23-16-7-8-22-17-12-14(21)4-5-15(16)17/h3-8,11-12H,9-10H2,1-2H3,(H,22,23)(H,24,25). The van der Waals surface area contributed by atoms with E-state index in [-0.39, 0.29) is 5.91 Å². The van der Waals surface area contributed by atoms with Crippen LogP contribution in [0.5, 0.6) is 11.5 Å². The van der Waals surface area contributed by atoms with Gasteiger partial charge < -0.3 is 20.1 Å². The number of carbonyl (C=O) groups is 1. The summed E-state index contributed by atoms with van der Waals surface area (Å²) in [6, 6.07) is 12.5. The second-order valence-electron chi connectivity index (χ2n) is 5.77. The van der Waals surface area contributed by atoms with Gasteiger partial charge in [-0.3, -0.25) is 9.78 Å². The van der Waals surface area contributed by atoms with E-state index < -0.39 is 0 Å². The molecule has 1 amide bonds. The Morgan fingerprint density at radius 3 is 2.63 bits per heavy atom. The summed E-state index contributed by atoms with van der Waals surface area (Å²) in [6.07, 6.45) is 1.73. The molecule has 7 heteroatoms. The molecule has 0 saturated heterocycles. The maximum atomic E-state index is 12.3. The van der Waals surface area contributed by atoms with Gasteiger partial charge in [0.2, 0.25) is 0 Å². The number of hydrogen-bond donors (Lipinski definition) is 2. The Kier molecular flexibility index (Phi) is 5.98. The highest BCUT2D eigenvalue weighted by molar-refractivity contribution is 6.31. The average Bonchev–Trinajstić information content (AvgIpc) is 2.70. The van der Waals surface area contributed by atoms with Gasteiger partial charge in [0, 0.05) is 40.9 Å². The van der Waals surface area contributed by atoms with Crippen molar-refractivity contribution in [2.24, 2.45) is 0 Å². The molecule has 2 aromatic carbocycles. The summed E-state index contributed by atoms with van der Waals surface area (Å²) in [5.74, 6) is 0.926. The summed E-state index contributed by atoms with van der Waals surface area (Å²) >= 11 is 6.01. The van der Waals surface area contributed by atoms with Crippen LogP contribution in [0.3, 0.4) is 0 Å². The largest absolute Gasteiger partial charge is 0.493 e. The molecule has 0 saturated carbocycles. The first-order valence-corrected chi connectivity index (χ1v) is 8.78. The topological polar surface area (TPSA) is 72.5 Å². The number of aromatic nitrogens is 1. The summed E-state index contributed by atoms with van der Waals surface area (Å²) in [7, 11) is 3.09. The Morgan fingerprint density at radius 2 is 1.85 bits per heavy atom. The van der Waals surface area contributed by atoms with E-state index in [0.717, 1.165) is 16.6 Å². The van der Waals surface area contributed by atoms with Gasteiger partial charge in [0.15, 0.2) is 11.5 Å². The molecule has 27 heavy (non-hydrogen) atoms. The van der Waals surface area contributed by atoms with Crippen LogP contribution in [0.15, 0.2) is 48.7 Å². The van der Waals surface area contributed by atoms with Gasteiger partial charge >= 0.3 is 0 Å². The second kappa shape index (κ2) is 8.60. The van der Waals surface area contributed by atoms with E-state index in [1.807, 2.05) is 24.3 Å². The number of ether oxygens (including phenoxy) is 2. The number of anilines is 1. The van der Waals surface area contributed by atoms with Crippen LogP contribution in [-0.4, -0.2) is 38.2 Å². The van der Waals surface area contributed by atoms with Crippen molar-refractivity contribution in [2.45, 2.75) is 0 Å². The molecule has 3 rings (SSSR count). The van der Waals surface area contributed by atoms with Crippen LogP contribution in [0.25, 0.3) is 10.9 Å². The minimum absolute atomic E-state index is 0.177.